The van der Waals surface area contributed by atoms with Gasteiger partial charge in [-0.1, -0.05) is 48.5 Å². The molecule has 1 aliphatic carbocycles. The average molecular weight is 563 g/mol. The molecule has 0 aliphatic heterocycles. The molecule has 1 aliphatic rings. The highest BCUT2D eigenvalue weighted by molar-refractivity contribution is 5.89. The van der Waals surface area contributed by atoms with E-state index in [2.05, 4.69) is 36.4 Å². The summed E-state index contributed by atoms with van der Waals surface area (Å²) < 4.78 is 12.6. The Morgan fingerprint density at radius 1 is 0.372 bits per heavy atom. The first-order valence-electron chi connectivity index (χ1n) is 14.0. The van der Waals surface area contributed by atoms with Crippen molar-refractivity contribution in [3.63, 3.8) is 0 Å². The number of hydrogen-bond donors (Lipinski definition) is 4. The van der Waals surface area contributed by atoms with E-state index in [1.807, 2.05) is 97.1 Å². The van der Waals surface area contributed by atoms with E-state index >= 15 is 0 Å². The van der Waals surface area contributed by atoms with Crippen molar-refractivity contribution in [3.8, 4) is 34.1 Å². The average Bonchev–Trinajstić information content (AvgIpc) is 3.27. The molecular weight excluding hydrogens is 532 g/mol. The predicted molar refractivity (Wildman–Crippen MR) is 174 cm³/mol. The molecule has 6 heteroatoms. The Morgan fingerprint density at radius 2 is 0.744 bits per heavy atom. The summed E-state index contributed by atoms with van der Waals surface area (Å²) in [4.78, 5) is 0. The zero-order valence-electron chi connectivity index (χ0n) is 23.3. The predicted octanol–water partition coefficient (Wildman–Crippen LogP) is 7.96. The van der Waals surface area contributed by atoms with Crippen molar-refractivity contribution in [2.45, 2.75) is 5.41 Å². The van der Waals surface area contributed by atoms with Gasteiger partial charge in [0.25, 0.3) is 0 Å². The van der Waals surface area contributed by atoms with E-state index in [1.165, 1.54) is 0 Å². The second-order valence-corrected chi connectivity index (χ2v) is 10.8. The summed E-state index contributed by atoms with van der Waals surface area (Å²) in [7, 11) is 0. The molecule has 0 spiro atoms. The fourth-order valence-electron chi connectivity index (χ4n) is 6.17. The lowest BCUT2D eigenvalue weighted by molar-refractivity contribution is 0.480. The highest BCUT2D eigenvalue weighted by Crippen LogP contribution is 2.57. The Kier molecular flexibility index (Phi) is 6.17. The van der Waals surface area contributed by atoms with Crippen LogP contribution in [-0.2, 0) is 5.41 Å². The Labute approximate surface area is 250 Å². The van der Waals surface area contributed by atoms with Crippen LogP contribution < -0.4 is 32.4 Å². The molecule has 7 rings (SSSR count). The fourth-order valence-corrected chi connectivity index (χ4v) is 6.17. The standard InChI is InChI=1S/C37H30N4O2/c38-25-7-3-11-31(19-25)42-29-9-1-5-23(17-29)37(24-6-2-10-30(18-24)43-32-12-4-8-26(39)20-32)35-15-13-27(40)21-33(35)34-22-28(41)14-16-36(34)37/h1-22H,38-41H2. The number of anilines is 4. The second-order valence-electron chi connectivity index (χ2n) is 10.8. The fraction of sp³-hybridized carbons (Fsp3) is 0.0270. The van der Waals surface area contributed by atoms with Gasteiger partial charge < -0.3 is 32.4 Å². The van der Waals surface area contributed by atoms with Gasteiger partial charge in [0.2, 0.25) is 0 Å². The van der Waals surface area contributed by atoms with Gasteiger partial charge in [-0.25, -0.2) is 0 Å². The van der Waals surface area contributed by atoms with Crippen molar-refractivity contribution in [2.24, 2.45) is 0 Å². The summed E-state index contributed by atoms with van der Waals surface area (Å²) in [5.74, 6) is 2.71. The van der Waals surface area contributed by atoms with Crippen molar-refractivity contribution in [3.05, 3.63) is 156 Å². The minimum Gasteiger partial charge on any atom is -0.457 e. The summed E-state index contributed by atoms with van der Waals surface area (Å²) >= 11 is 0. The van der Waals surface area contributed by atoms with Crippen LogP contribution in [0.4, 0.5) is 22.7 Å². The van der Waals surface area contributed by atoms with Crippen LogP contribution in [-0.4, -0.2) is 0 Å². The third-order valence-corrected chi connectivity index (χ3v) is 7.91. The first-order valence-corrected chi connectivity index (χ1v) is 14.0. The van der Waals surface area contributed by atoms with Crippen LogP contribution in [0.25, 0.3) is 11.1 Å². The van der Waals surface area contributed by atoms with Gasteiger partial charge in [0, 0.05) is 34.9 Å². The van der Waals surface area contributed by atoms with E-state index in [9.17, 15) is 0 Å². The minimum absolute atomic E-state index is 0.635. The molecule has 8 N–H and O–H groups in total. The highest BCUT2D eigenvalue weighted by atomic mass is 16.5. The van der Waals surface area contributed by atoms with E-state index < -0.39 is 5.41 Å². The number of nitrogens with two attached hydrogens (primary N) is 4. The zero-order chi connectivity index (χ0) is 29.6. The molecule has 6 nitrogen and oxygen atoms in total. The van der Waals surface area contributed by atoms with Crippen LogP contribution in [0.5, 0.6) is 23.0 Å². The Morgan fingerprint density at radius 3 is 1.16 bits per heavy atom. The lowest BCUT2D eigenvalue weighted by Crippen LogP contribution is -2.28. The maximum Gasteiger partial charge on any atom is 0.129 e. The molecule has 6 aromatic carbocycles. The monoisotopic (exact) mass is 562 g/mol. The molecular formula is C37H30N4O2. The molecule has 0 atom stereocenters. The highest BCUT2D eigenvalue weighted by Gasteiger charge is 2.46. The third kappa shape index (κ3) is 4.55. The molecule has 0 radical (unpaired) electrons. The molecule has 0 heterocycles. The summed E-state index contributed by atoms with van der Waals surface area (Å²) in [5, 5.41) is 0. The molecule has 210 valence electrons. The summed E-state index contributed by atoms with van der Waals surface area (Å²) in [6, 6.07) is 43.3. The smallest absolute Gasteiger partial charge is 0.129 e. The first-order chi connectivity index (χ1) is 20.9. The largest absolute Gasteiger partial charge is 0.457 e. The number of hydrogen-bond acceptors (Lipinski definition) is 6. The number of fused-ring (bicyclic) bond motifs is 3. The van der Waals surface area contributed by atoms with Gasteiger partial charge in [-0.15, -0.1) is 0 Å². The summed E-state index contributed by atoms with van der Waals surface area (Å²) in [5.41, 5.74) is 32.9. The van der Waals surface area contributed by atoms with Crippen LogP contribution in [0, 0.1) is 0 Å². The number of ether oxygens (including phenoxy) is 2. The first kappa shape index (κ1) is 26.0. The topological polar surface area (TPSA) is 123 Å². The van der Waals surface area contributed by atoms with E-state index in [0.29, 0.717) is 45.7 Å². The normalized spacial score (nSPS) is 12.7. The SMILES string of the molecule is Nc1cccc(Oc2cccc(C3(c4cccc(Oc5cccc(N)c5)c4)c4ccc(N)cc4-c4cc(N)ccc43)c2)c1. The molecule has 43 heavy (non-hydrogen) atoms. The van der Waals surface area contributed by atoms with Crippen molar-refractivity contribution in [2.75, 3.05) is 22.9 Å². The van der Waals surface area contributed by atoms with E-state index in [1.54, 1.807) is 0 Å². The number of rotatable bonds is 6. The molecule has 0 aromatic heterocycles. The molecule has 0 saturated carbocycles. The van der Waals surface area contributed by atoms with Crippen LogP contribution in [0.15, 0.2) is 133 Å². The van der Waals surface area contributed by atoms with Gasteiger partial charge in [0.15, 0.2) is 0 Å². The van der Waals surface area contributed by atoms with Crippen molar-refractivity contribution in [1.29, 1.82) is 0 Å². The maximum atomic E-state index is 6.34. The third-order valence-electron chi connectivity index (χ3n) is 7.91. The van der Waals surface area contributed by atoms with Crippen LogP contribution in [0.3, 0.4) is 0 Å². The Balaban J connectivity index is 1.46. The Hall–Kier alpha value is -5.88. The van der Waals surface area contributed by atoms with Gasteiger partial charge in [-0.05, 0) is 106 Å². The summed E-state index contributed by atoms with van der Waals surface area (Å²) in [6.07, 6.45) is 0. The lowest BCUT2D eigenvalue weighted by Gasteiger charge is -2.34. The summed E-state index contributed by atoms with van der Waals surface area (Å²) in [6.45, 7) is 0. The minimum atomic E-state index is -0.726. The molecule has 0 saturated heterocycles. The maximum absolute atomic E-state index is 6.34. The van der Waals surface area contributed by atoms with Crippen LogP contribution in [0.2, 0.25) is 0 Å². The van der Waals surface area contributed by atoms with Gasteiger partial charge in [0.1, 0.15) is 23.0 Å². The molecule has 0 bridgehead atoms. The molecule has 6 aromatic rings. The number of benzene rings is 6. The molecule has 0 amide bonds. The number of nitrogen functional groups attached to an aromatic ring is 4. The second kappa shape index (κ2) is 10.2. The van der Waals surface area contributed by atoms with E-state index in [-0.39, 0.29) is 0 Å². The Bertz CT molecular complexity index is 1860. The van der Waals surface area contributed by atoms with Crippen molar-refractivity contribution in [1.82, 2.24) is 0 Å². The van der Waals surface area contributed by atoms with Crippen molar-refractivity contribution < 1.29 is 9.47 Å². The van der Waals surface area contributed by atoms with E-state index in [4.69, 9.17) is 32.4 Å². The van der Waals surface area contributed by atoms with Crippen molar-refractivity contribution >= 4 is 22.7 Å². The quantitative estimate of drug-likeness (QED) is 0.153. The van der Waals surface area contributed by atoms with Gasteiger partial charge in [-0.2, -0.15) is 0 Å². The lowest BCUT2D eigenvalue weighted by atomic mass is 9.67. The van der Waals surface area contributed by atoms with Crippen LogP contribution >= 0.6 is 0 Å². The molecule has 0 unspecified atom stereocenters. The van der Waals surface area contributed by atoms with Crippen LogP contribution in [0.1, 0.15) is 22.3 Å². The molecule has 0 fully saturated rings. The zero-order valence-corrected chi connectivity index (χ0v) is 23.3. The van der Waals surface area contributed by atoms with Gasteiger partial charge in [0.05, 0.1) is 5.41 Å². The van der Waals surface area contributed by atoms with Gasteiger partial charge >= 0.3 is 0 Å². The van der Waals surface area contributed by atoms with E-state index in [0.717, 1.165) is 33.4 Å². The van der Waals surface area contributed by atoms with Gasteiger partial charge in [-0.3, -0.25) is 0 Å².